The highest BCUT2D eigenvalue weighted by Crippen LogP contribution is 2.35. The minimum Gasteiger partial charge on any atom is -0.327 e. The van der Waals surface area contributed by atoms with E-state index in [9.17, 15) is 30.4 Å². The Balaban J connectivity index is 0.000000194. The smallest absolute Gasteiger partial charge is 0.267 e. The van der Waals surface area contributed by atoms with Crippen molar-refractivity contribution in [2.45, 2.75) is 139 Å². The minimum absolute atomic E-state index is 0.0599. The van der Waals surface area contributed by atoms with Gasteiger partial charge in [-0.25, -0.2) is 39.6 Å². The average molecular weight is 832 g/mol. The number of fused-ring (bicyclic) bond motifs is 2. The first-order valence-corrected chi connectivity index (χ1v) is 23.0. The van der Waals surface area contributed by atoms with Gasteiger partial charge in [-0.05, 0) is 106 Å². The summed E-state index contributed by atoms with van der Waals surface area (Å²) in [5.41, 5.74) is 2.92. The second kappa shape index (κ2) is 16.0. The third-order valence-electron chi connectivity index (χ3n) is 10.9. The van der Waals surface area contributed by atoms with Crippen molar-refractivity contribution in [3.63, 3.8) is 0 Å². The lowest BCUT2D eigenvalue weighted by atomic mass is 9.87. The maximum atomic E-state index is 13.6. The second-order valence-corrected chi connectivity index (χ2v) is 21.9. The van der Waals surface area contributed by atoms with Crippen LogP contribution in [0.15, 0.2) is 64.6 Å². The monoisotopic (exact) mass is 831 g/mol. The Labute approximate surface area is 333 Å². The molecule has 2 saturated carbocycles. The van der Waals surface area contributed by atoms with Crippen LogP contribution < -0.4 is 0 Å². The Morgan fingerprint density at radius 1 is 0.696 bits per heavy atom. The number of aromatic nitrogens is 5. The average Bonchev–Trinajstić information content (AvgIpc) is 3.86. The Hall–Kier alpha value is -3.62. The third-order valence-corrected chi connectivity index (χ3v) is 13.9. The molecule has 0 saturated heterocycles. The van der Waals surface area contributed by atoms with E-state index in [2.05, 4.69) is 50.7 Å². The summed E-state index contributed by atoms with van der Waals surface area (Å²) in [6, 6.07) is 11.3. The van der Waals surface area contributed by atoms with Gasteiger partial charge in [0.2, 0.25) is 0 Å². The van der Waals surface area contributed by atoms with Crippen LogP contribution >= 0.6 is 10.7 Å². The Morgan fingerprint density at radius 3 is 1.52 bits per heavy atom. The van der Waals surface area contributed by atoms with Gasteiger partial charge in [0.1, 0.15) is 24.0 Å². The van der Waals surface area contributed by atoms with Crippen molar-refractivity contribution in [3.05, 3.63) is 72.1 Å². The fraction of sp³-hybridized carbons (Fsp3) is 0.537. The van der Waals surface area contributed by atoms with E-state index < -0.39 is 31.4 Å². The number of carbonyl (C=O) groups excluding carboxylic acids is 1. The first-order chi connectivity index (χ1) is 26.1. The van der Waals surface area contributed by atoms with E-state index in [4.69, 9.17) is 20.7 Å². The SMILES string of the molecule is CC(C)(C)c1nc2cc(S(=O)(=O)Cl)ccc2n1CC1CCC(F)CC1.CC(C)(C)c1nc2cc(S(=O)(=O)n3ccc(C=O)c3)ccc2n1CC1CCC(F)CC1. The van der Waals surface area contributed by atoms with Crippen molar-refractivity contribution in [2.75, 3.05) is 0 Å². The van der Waals surface area contributed by atoms with Gasteiger partial charge in [0.15, 0.2) is 6.29 Å². The van der Waals surface area contributed by atoms with Crippen LogP contribution in [-0.4, -0.2) is 58.5 Å². The summed E-state index contributed by atoms with van der Waals surface area (Å²) in [6.45, 7) is 14.0. The Kier molecular flexibility index (Phi) is 12.0. The molecule has 10 nitrogen and oxygen atoms in total. The van der Waals surface area contributed by atoms with Gasteiger partial charge in [0, 0.05) is 52.6 Å². The normalized spacial score (nSPS) is 21.2. The van der Waals surface area contributed by atoms with Gasteiger partial charge < -0.3 is 9.13 Å². The molecule has 56 heavy (non-hydrogen) atoms. The van der Waals surface area contributed by atoms with Crippen molar-refractivity contribution in [1.29, 1.82) is 0 Å². The maximum Gasteiger partial charge on any atom is 0.267 e. The lowest BCUT2D eigenvalue weighted by Crippen LogP contribution is -2.24. The molecule has 2 aromatic carbocycles. The summed E-state index contributed by atoms with van der Waals surface area (Å²) < 4.78 is 81.7. The molecule has 0 unspecified atom stereocenters. The number of alkyl halides is 2. The molecule has 5 aromatic rings. The Bertz CT molecular complexity index is 2430. The van der Waals surface area contributed by atoms with Crippen LogP contribution in [0.5, 0.6) is 0 Å². The van der Waals surface area contributed by atoms with E-state index in [-0.39, 0.29) is 20.6 Å². The molecule has 304 valence electrons. The summed E-state index contributed by atoms with van der Waals surface area (Å²) in [6.07, 6.45) is 7.81. The molecule has 2 fully saturated rings. The molecule has 2 aliphatic carbocycles. The summed E-state index contributed by atoms with van der Waals surface area (Å²) in [4.78, 5) is 20.6. The second-order valence-electron chi connectivity index (χ2n) is 17.5. The van der Waals surface area contributed by atoms with Crippen molar-refractivity contribution < 1.29 is 30.4 Å². The number of hydrogen-bond donors (Lipinski definition) is 0. The first-order valence-electron chi connectivity index (χ1n) is 19.3. The lowest BCUT2D eigenvalue weighted by molar-refractivity contribution is 0.112. The molecular weight excluding hydrogens is 780 g/mol. The van der Waals surface area contributed by atoms with Crippen LogP contribution in [0, 0.1) is 11.8 Å². The predicted octanol–water partition coefficient (Wildman–Crippen LogP) is 9.50. The highest BCUT2D eigenvalue weighted by atomic mass is 35.7. The molecule has 2 aliphatic rings. The molecule has 0 bridgehead atoms. The van der Waals surface area contributed by atoms with Crippen LogP contribution in [0.2, 0.25) is 0 Å². The van der Waals surface area contributed by atoms with Crippen LogP contribution in [0.3, 0.4) is 0 Å². The Morgan fingerprint density at radius 2 is 1.12 bits per heavy atom. The number of hydrogen-bond acceptors (Lipinski definition) is 7. The molecule has 0 aliphatic heterocycles. The number of aldehydes is 1. The summed E-state index contributed by atoms with van der Waals surface area (Å²) >= 11 is 0. The van der Waals surface area contributed by atoms with E-state index >= 15 is 0 Å². The van der Waals surface area contributed by atoms with E-state index in [0.717, 1.165) is 65.4 Å². The third kappa shape index (κ3) is 9.23. The van der Waals surface area contributed by atoms with Crippen LogP contribution in [0.25, 0.3) is 22.1 Å². The molecule has 3 heterocycles. The van der Waals surface area contributed by atoms with Gasteiger partial charge in [-0.3, -0.25) is 4.79 Å². The van der Waals surface area contributed by atoms with E-state index in [1.54, 1.807) is 24.3 Å². The molecule has 15 heteroatoms. The number of nitrogens with zero attached hydrogens (tertiary/aromatic N) is 5. The first kappa shape index (κ1) is 42.0. The van der Waals surface area contributed by atoms with Crippen molar-refractivity contribution in [2.24, 2.45) is 11.8 Å². The largest absolute Gasteiger partial charge is 0.327 e. The van der Waals surface area contributed by atoms with Gasteiger partial charge in [0.25, 0.3) is 19.1 Å². The molecule has 7 rings (SSSR count). The zero-order valence-electron chi connectivity index (χ0n) is 32.9. The molecule has 0 atom stereocenters. The molecular formula is C41H52ClF2N5O5S2. The minimum atomic E-state index is -3.83. The van der Waals surface area contributed by atoms with E-state index in [0.29, 0.717) is 60.4 Å². The molecule has 0 amide bonds. The van der Waals surface area contributed by atoms with Crippen LogP contribution in [-0.2, 0) is 43.0 Å². The number of benzene rings is 2. The summed E-state index contributed by atoms with van der Waals surface area (Å²) in [7, 11) is -2.14. The maximum absolute atomic E-state index is 13.6. The van der Waals surface area contributed by atoms with E-state index in [1.165, 1.54) is 30.6 Å². The fourth-order valence-electron chi connectivity index (χ4n) is 7.90. The molecule has 0 radical (unpaired) electrons. The van der Waals surface area contributed by atoms with Gasteiger partial charge in [-0.2, -0.15) is 0 Å². The lowest BCUT2D eigenvalue weighted by Gasteiger charge is -2.27. The van der Waals surface area contributed by atoms with Gasteiger partial charge in [-0.15, -0.1) is 0 Å². The number of halogens is 3. The summed E-state index contributed by atoms with van der Waals surface area (Å²) in [5.74, 6) is 2.61. The molecule has 3 aromatic heterocycles. The van der Waals surface area contributed by atoms with Crippen molar-refractivity contribution >= 4 is 58.1 Å². The van der Waals surface area contributed by atoms with Crippen molar-refractivity contribution in [3.8, 4) is 0 Å². The zero-order chi connectivity index (χ0) is 40.8. The highest BCUT2D eigenvalue weighted by Gasteiger charge is 2.30. The number of carbonyl (C=O) groups is 1. The number of imidazole rings is 2. The van der Waals surface area contributed by atoms with Crippen LogP contribution in [0.1, 0.15) is 115 Å². The zero-order valence-corrected chi connectivity index (χ0v) is 35.3. The standard InChI is InChI=1S/C23H28FN3O3S.C18H24ClFN2O2S/c1-23(2,3)22-25-20-12-19(31(29,30)26-11-10-17(13-26)15-28)8-9-21(20)27(22)14-16-4-6-18(24)7-5-16;1-18(2,3)17-21-15-10-14(25(19,23)24)8-9-16(15)22(17)11-12-4-6-13(20)7-5-12/h8-13,15-16,18H,4-7,14H2,1-3H3;8-10,12-13H,4-7,11H2,1-3H3. The van der Waals surface area contributed by atoms with Crippen molar-refractivity contribution in [1.82, 2.24) is 23.1 Å². The van der Waals surface area contributed by atoms with Crippen LogP contribution in [0.4, 0.5) is 8.78 Å². The molecule has 0 spiro atoms. The topological polar surface area (TPSA) is 126 Å². The summed E-state index contributed by atoms with van der Waals surface area (Å²) in [5, 5.41) is 0. The number of rotatable bonds is 8. The highest BCUT2D eigenvalue weighted by molar-refractivity contribution is 8.13. The van der Waals surface area contributed by atoms with Gasteiger partial charge in [0.05, 0.1) is 31.9 Å². The predicted molar refractivity (Wildman–Crippen MR) is 216 cm³/mol. The van der Waals surface area contributed by atoms with Gasteiger partial charge in [-0.1, -0.05) is 41.5 Å². The van der Waals surface area contributed by atoms with E-state index in [1.807, 2.05) is 0 Å². The fourth-order valence-corrected chi connectivity index (χ4v) is 9.90. The quantitative estimate of drug-likeness (QED) is 0.113. The van der Waals surface area contributed by atoms with Gasteiger partial charge >= 0.3 is 0 Å². The molecule has 0 N–H and O–H groups in total.